The molecule has 1 aromatic rings. The van der Waals surface area contributed by atoms with Crippen molar-refractivity contribution < 1.29 is 4.79 Å². The predicted molar refractivity (Wildman–Crippen MR) is 79.2 cm³/mol. The van der Waals surface area contributed by atoms with E-state index in [2.05, 4.69) is 27.8 Å². The highest BCUT2D eigenvalue weighted by molar-refractivity contribution is 5.78. The number of nitrogens with zero attached hydrogens (tertiary/aromatic N) is 3. The molecule has 0 aliphatic carbocycles. The van der Waals surface area contributed by atoms with Crippen LogP contribution in [0.25, 0.3) is 0 Å². The van der Waals surface area contributed by atoms with Crippen molar-refractivity contribution in [2.24, 2.45) is 0 Å². The number of carbonyl (C=O) groups is 1. The Balaban J connectivity index is 1.72. The van der Waals surface area contributed by atoms with Crippen LogP contribution in [0.2, 0.25) is 0 Å². The number of nitrogens with one attached hydrogen (secondary N) is 1. The van der Waals surface area contributed by atoms with Gasteiger partial charge in [0.15, 0.2) is 0 Å². The molecule has 0 unspecified atom stereocenters. The summed E-state index contributed by atoms with van der Waals surface area (Å²) in [6.45, 7) is 9.04. The van der Waals surface area contributed by atoms with Gasteiger partial charge in [0.1, 0.15) is 0 Å². The lowest BCUT2D eigenvalue weighted by Gasteiger charge is -2.34. The highest BCUT2D eigenvalue weighted by Crippen LogP contribution is 2.07. The van der Waals surface area contributed by atoms with Crippen molar-refractivity contribution in [1.82, 2.24) is 20.1 Å². The fourth-order valence-corrected chi connectivity index (χ4v) is 2.30. The van der Waals surface area contributed by atoms with Gasteiger partial charge in [-0.1, -0.05) is 12.1 Å². The van der Waals surface area contributed by atoms with Crippen LogP contribution in [0.1, 0.15) is 5.56 Å². The van der Waals surface area contributed by atoms with Crippen molar-refractivity contribution >= 4 is 5.91 Å². The molecule has 20 heavy (non-hydrogen) atoms. The van der Waals surface area contributed by atoms with E-state index in [1.807, 2.05) is 17.2 Å². The molecule has 2 rings (SSSR count). The van der Waals surface area contributed by atoms with Gasteiger partial charge < -0.3 is 10.2 Å². The summed E-state index contributed by atoms with van der Waals surface area (Å²) >= 11 is 0. The van der Waals surface area contributed by atoms with Crippen LogP contribution in [-0.4, -0.2) is 60.0 Å². The van der Waals surface area contributed by atoms with Gasteiger partial charge in [0, 0.05) is 51.7 Å². The van der Waals surface area contributed by atoms with Crippen molar-refractivity contribution in [1.29, 1.82) is 0 Å². The molecule has 2 heterocycles. The number of hydrogen-bond acceptors (Lipinski definition) is 4. The molecule has 5 heteroatoms. The molecular weight excluding hydrogens is 252 g/mol. The smallest absolute Gasteiger partial charge is 0.236 e. The van der Waals surface area contributed by atoms with E-state index in [-0.39, 0.29) is 5.91 Å². The van der Waals surface area contributed by atoms with Crippen LogP contribution in [0.15, 0.2) is 37.2 Å². The first-order valence-electron chi connectivity index (χ1n) is 7.00. The van der Waals surface area contributed by atoms with E-state index in [0.717, 1.165) is 32.7 Å². The maximum Gasteiger partial charge on any atom is 0.236 e. The largest absolute Gasteiger partial charge is 0.339 e. The molecule has 0 radical (unpaired) electrons. The van der Waals surface area contributed by atoms with Crippen LogP contribution in [0.4, 0.5) is 0 Å². The van der Waals surface area contributed by atoms with E-state index in [4.69, 9.17) is 0 Å². The number of rotatable bonds is 6. The Morgan fingerprint density at radius 3 is 2.85 bits per heavy atom. The van der Waals surface area contributed by atoms with Gasteiger partial charge in [-0.25, -0.2) is 0 Å². The maximum absolute atomic E-state index is 11.9. The molecule has 0 saturated carbocycles. The SMILES string of the molecule is C=CCNCC(=O)N1CCN(Cc2cccnc2)CC1. The number of hydrogen-bond donors (Lipinski definition) is 1. The quantitative estimate of drug-likeness (QED) is 0.606. The molecule has 108 valence electrons. The zero-order chi connectivity index (χ0) is 14.2. The minimum absolute atomic E-state index is 0.174. The third-order valence-electron chi connectivity index (χ3n) is 3.42. The van der Waals surface area contributed by atoms with Crippen LogP contribution in [-0.2, 0) is 11.3 Å². The van der Waals surface area contributed by atoms with Crippen LogP contribution in [0, 0.1) is 0 Å². The monoisotopic (exact) mass is 274 g/mol. The lowest BCUT2D eigenvalue weighted by atomic mass is 10.2. The summed E-state index contributed by atoms with van der Waals surface area (Å²) in [5, 5.41) is 3.05. The topological polar surface area (TPSA) is 48.5 Å². The molecule has 1 aliphatic rings. The Hall–Kier alpha value is -1.72. The van der Waals surface area contributed by atoms with Crippen LogP contribution in [0.5, 0.6) is 0 Å². The van der Waals surface area contributed by atoms with E-state index < -0.39 is 0 Å². The lowest BCUT2D eigenvalue weighted by Crippen LogP contribution is -2.50. The number of aromatic nitrogens is 1. The summed E-state index contributed by atoms with van der Waals surface area (Å²) in [6, 6.07) is 4.05. The first-order chi connectivity index (χ1) is 9.79. The first kappa shape index (κ1) is 14.7. The molecular formula is C15H22N4O. The Morgan fingerprint density at radius 1 is 1.40 bits per heavy atom. The predicted octanol–water partition coefficient (Wildman–Crippen LogP) is 0.501. The molecule has 0 aromatic carbocycles. The molecule has 1 N–H and O–H groups in total. The summed E-state index contributed by atoms with van der Waals surface area (Å²) in [5.74, 6) is 0.174. The normalized spacial score (nSPS) is 16.1. The summed E-state index contributed by atoms with van der Waals surface area (Å²) in [7, 11) is 0. The van der Waals surface area contributed by atoms with E-state index in [1.54, 1.807) is 12.3 Å². The van der Waals surface area contributed by atoms with Gasteiger partial charge >= 0.3 is 0 Å². The number of piperazine rings is 1. The maximum atomic E-state index is 11.9. The highest BCUT2D eigenvalue weighted by atomic mass is 16.2. The second-order valence-corrected chi connectivity index (χ2v) is 4.94. The van der Waals surface area contributed by atoms with E-state index in [9.17, 15) is 4.79 Å². The van der Waals surface area contributed by atoms with Crippen LogP contribution in [0.3, 0.4) is 0 Å². The minimum atomic E-state index is 0.174. The molecule has 1 aromatic heterocycles. The third kappa shape index (κ3) is 4.43. The number of pyridine rings is 1. The molecule has 1 aliphatic heterocycles. The molecule has 0 atom stereocenters. The van der Waals surface area contributed by atoms with Crippen molar-refractivity contribution in [3.63, 3.8) is 0 Å². The van der Waals surface area contributed by atoms with Gasteiger partial charge in [0.05, 0.1) is 6.54 Å². The average molecular weight is 274 g/mol. The Bertz CT molecular complexity index is 427. The number of carbonyl (C=O) groups excluding carboxylic acids is 1. The van der Waals surface area contributed by atoms with Gasteiger partial charge in [0.25, 0.3) is 0 Å². The standard InChI is InChI=1S/C15H22N4O/c1-2-5-16-12-15(20)19-9-7-18(8-10-19)13-14-4-3-6-17-11-14/h2-4,6,11,16H,1,5,7-10,12-13H2. The van der Waals surface area contributed by atoms with E-state index >= 15 is 0 Å². The van der Waals surface area contributed by atoms with Gasteiger partial charge in [-0.15, -0.1) is 6.58 Å². The Labute approximate surface area is 120 Å². The van der Waals surface area contributed by atoms with Crippen molar-refractivity contribution in [3.05, 3.63) is 42.7 Å². The summed E-state index contributed by atoms with van der Waals surface area (Å²) in [5.41, 5.74) is 1.22. The molecule has 5 nitrogen and oxygen atoms in total. The molecule has 0 bridgehead atoms. The fraction of sp³-hybridized carbons (Fsp3) is 0.467. The summed E-state index contributed by atoms with van der Waals surface area (Å²) in [4.78, 5) is 20.4. The highest BCUT2D eigenvalue weighted by Gasteiger charge is 2.20. The van der Waals surface area contributed by atoms with Gasteiger partial charge in [-0.2, -0.15) is 0 Å². The lowest BCUT2D eigenvalue weighted by molar-refractivity contribution is -0.132. The Kier molecular flexibility index (Phi) is 5.70. The van der Waals surface area contributed by atoms with Gasteiger partial charge in [-0.05, 0) is 11.6 Å². The van der Waals surface area contributed by atoms with Gasteiger partial charge in [0.2, 0.25) is 5.91 Å². The van der Waals surface area contributed by atoms with Crippen LogP contribution < -0.4 is 5.32 Å². The number of amides is 1. The van der Waals surface area contributed by atoms with Gasteiger partial charge in [-0.3, -0.25) is 14.7 Å². The minimum Gasteiger partial charge on any atom is -0.339 e. The zero-order valence-corrected chi connectivity index (χ0v) is 11.8. The first-order valence-corrected chi connectivity index (χ1v) is 7.00. The second-order valence-electron chi connectivity index (χ2n) is 4.94. The molecule has 0 spiro atoms. The van der Waals surface area contributed by atoms with Crippen molar-refractivity contribution in [2.45, 2.75) is 6.54 Å². The second kappa shape index (κ2) is 7.77. The molecule has 1 saturated heterocycles. The average Bonchev–Trinajstić information content (AvgIpc) is 2.49. The van der Waals surface area contributed by atoms with E-state index in [1.165, 1.54) is 5.56 Å². The van der Waals surface area contributed by atoms with Crippen LogP contribution >= 0.6 is 0 Å². The van der Waals surface area contributed by atoms with E-state index in [0.29, 0.717) is 13.1 Å². The van der Waals surface area contributed by atoms with Crippen molar-refractivity contribution in [2.75, 3.05) is 39.3 Å². The molecule has 1 fully saturated rings. The zero-order valence-electron chi connectivity index (χ0n) is 11.8. The van der Waals surface area contributed by atoms with Crippen molar-refractivity contribution in [3.8, 4) is 0 Å². The Morgan fingerprint density at radius 2 is 2.20 bits per heavy atom. The third-order valence-corrected chi connectivity index (χ3v) is 3.42. The summed E-state index contributed by atoms with van der Waals surface area (Å²) < 4.78 is 0. The fourth-order valence-electron chi connectivity index (χ4n) is 2.30. The summed E-state index contributed by atoms with van der Waals surface area (Å²) in [6.07, 6.45) is 5.45. The molecule has 1 amide bonds.